The number of carbonyl (C=O) groups is 2. The van der Waals surface area contributed by atoms with Crippen molar-refractivity contribution in [1.82, 2.24) is 10.2 Å². The monoisotopic (exact) mass is 480 g/mol. The van der Waals surface area contributed by atoms with Gasteiger partial charge in [0.25, 0.3) is 5.91 Å². The summed E-state index contributed by atoms with van der Waals surface area (Å²) in [5.74, 6) is 0.456. The first-order valence-electron chi connectivity index (χ1n) is 9.40. The molecule has 0 fully saturated rings. The highest BCUT2D eigenvalue weighted by Crippen LogP contribution is 2.29. The second kappa shape index (κ2) is 10.6. The van der Waals surface area contributed by atoms with Gasteiger partial charge in [-0.05, 0) is 64.2 Å². The van der Waals surface area contributed by atoms with Crippen LogP contribution in [0.2, 0.25) is 5.02 Å². The van der Waals surface area contributed by atoms with Crippen LogP contribution in [0.1, 0.15) is 37.8 Å². The van der Waals surface area contributed by atoms with Crippen molar-refractivity contribution in [2.24, 2.45) is 0 Å². The van der Waals surface area contributed by atoms with Gasteiger partial charge < -0.3 is 15.0 Å². The molecule has 0 aliphatic carbocycles. The third-order valence-corrected chi connectivity index (χ3v) is 5.53. The van der Waals surface area contributed by atoms with Gasteiger partial charge in [-0.3, -0.25) is 9.59 Å². The van der Waals surface area contributed by atoms with E-state index >= 15 is 0 Å². The summed E-state index contributed by atoms with van der Waals surface area (Å²) >= 11 is 9.44. The van der Waals surface area contributed by atoms with Crippen molar-refractivity contribution >= 4 is 39.3 Å². The molecule has 2 rings (SSSR count). The van der Waals surface area contributed by atoms with Gasteiger partial charge in [-0.2, -0.15) is 0 Å². The Kier molecular flexibility index (Phi) is 8.53. The first-order valence-corrected chi connectivity index (χ1v) is 10.6. The highest BCUT2D eigenvalue weighted by molar-refractivity contribution is 9.10. The summed E-state index contributed by atoms with van der Waals surface area (Å²) in [6, 6.07) is 12.4. The molecule has 156 valence electrons. The molecule has 0 bridgehead atoms. The number of hydrogen-bond acceptors (Lipinski definition) is 3. The van der Waals surface area contributed by atoms with E-state index in [0.29, 0.717) is 16.7 Å². The van der Waals surface area contributed by atoms with Gasteiger partial charge >= 0.3 is 0 Å². The summed E-state index contributed by atoms with van der Waals surface area (Å²) in [5, 5.41) is 3.21. The van der Waals surface area contributed by atoms with E-state index in [2.05, 4.69) is 35.1 Å². The van der Waals surface area contributed by atoms with E-state index in [1.54, 1.807) is 26.1 Å². The van der Waals surface area contributed by atoms with E-state index in [-0.39, 0.29) is 25.0 Å². The van der Waals surface area contributed by atoms with Crippen LogP contribution in [0.25, 0.3) is 0 Å². The van der Waals surface area contributed by atoms with Crippen molar-refractivity contribution in [3.63, 3.8) is 0 Å². The van der Waals surface area contributed by atoms with Gasteiger partial charge in [-0.25, -0.2) is 0 Å². The Hall–Kier alpha value is -2.05. The van der Waals surface area contributed by atoms with Gasteiger partial charge in [0, 0.05) is 18.6 Å². The Morgan fingerprint density at radius 1 is 1.14 bits per heavy atom. The smallest absolute Gasteiger partial charge is 0.261 e. The Balaban J connectivity index is 2.14. The quantitative estimate of drug-likeness (QED) is 0.591. The van der Waals surface area contributed by atoms with E-state index in [9.17, 15) is 9.59 Å². The highest BCUT2D eigenvalue weighted by Gasteiger charge is 2.26. The van der Waals surface area contributed by atoms with Crippen LogP contribution in [-0.4, -0.2) is 36.4 Å². The van der Waals surface area contributed by atoms with Gasteiger partial charge in [0.2, 0.25) is 5.91 Å². The normalized spacial score (nSPS) is 11.8. The maximum Gasteiger partial charge on any atom is 0.261 e. The van der Waals surface area contributed by atoms with E-state index in [4.69, 9.17) is 16.3 Å². The molecular weight excluding hydrogens is 456 g/mol. The molecule has 1 N–H and O–H groups in total. The fourth-order valence-corrected chi connectivity index (χ4v) is 3.43. The predicted octanol–water partition coefficient (Wildman–Crippen LogP) is 4.77. The van der Waals surface area contributed by atoms with Crippen molar-refractivity contribution in [2.75, 3.05) is 13.7 Å². The lowest BCUT2D eigenvalue weighted by Crippen LogP contribution is -2.48. The largest absolute Gasteiger partial charge is 0.483 e. The zero-order valence-electron chi connectivity index (χ0n) is 17.0. The molecular formula is C22H26BrClN2O3. The van der Waals surface area contributed by atoms with Crippen LogP contribution in [0.15, 0.2) is 46.9 Å². The average Bonchev–Trinajstić information content (AvgIpc) is 2.70. The molecule has 0 spiro atoms. The minimum absolute atomic E-state index is 0.172. The molecule has 0 saturated heterocycles. The molecule has 29 heavy (non-hydrogen) atoms. The summed E-state index contributed by atoms with van der Waals surface area (Å²) < 4.78 is 6.54. The molecule has 2 aromatic rings. The number of carbonyl (C=O) groups excluding carboxylic acids is 2. The second-order valence-electron chi connectivity index (χ2n) is 7.07. The number of hydrogen-bond donors (Lipinski definition) is 1. The van der Waals surface area contributed by atoms with Gasteiger partial charge in [0.05, 0.1) is 4.47 Å². The van der Waals surface area contributed by atoms with E-state index in [1.807, 2.05) is 30.3 Å². The molecule has 5 nitrogen and oxygen atoms in total. The first kappa shape index (κ1) is 23.2. The predicted molar refractivity (Wildman–Crippen MR) is 119 cm³/mol. The Bertz CT molecular complexity index is 856. The number of nitrogens with zero attached hydrogens (tertiary/aromatic N) is 1. The van der Waals surface area contributed by atoms with Crippen molar-refractivity contribution < 1.29 is 14.3 Å². The molecule has 7 heteroatoms. The molecule has 0 unspecified atom stereocenters. The number of rotatable bonds is 8. The van der Waals surface area contributed by atoms with Crippen LogP contribution in [0.4, 0.5) is 0 Å². The van der Waals surface area contributed by atoms with E-state index in [0.717, 1.165) is 10.0 Å². The molecule has 0 aromatic heterocycles. The molecule has 2 aromatic carbocycles. The fraction of sp³-hybridized carbons (Fsp3) is 0.364. The van der Waals surface area contributed by atoms with Crippen LogP contribution < -0.4 is 10.1 Å². The Morgan fingerprint density at radius 2 is 1.79 bits per heavy atom. The van der Waals surface area contributed by atoms with Gasteiger partial charge in [0.1, 0.15) is 11.8 Å². The van der Waals surface area contributed by atoms with Crippen LogP contribution in [-0.2, 0) is 16.1 Å². The Labute approximate surface area is 185 Å². The number of halogens is 2. The third-order valence-electron chi connectivity index (χ3n) is 4.65. The maximum atomic E-state index is 12.9. The summed E-state index contributed by atoms with van der Waals surface area (Å²) in [5.41, 5.74) is 2.05. The van der Waals surface area contributed by atoms with E-state index < -0.39 is 6.04 Å². The second-order valence-corrected chi connectivity index (χ2v) is 8.36. The van der Waals surface area contributed by atoms with Crippen LogP contribution in [0, 0.1) is 0 Å². The molecule has 0 heterocycles. The van der Waals surface area contributed by atoms with Crippen LogP contribution in [0.3, 0.4) is 0 Å². The zero-order valence-corrected chi connectivity index (χ0v) is 19.4. The average molecular weight is 482 g/mol. The standard InChI is InChI=1S/C22H26BrClN2O3/c1-14(2)17-7-10-20(19(23)11-17)29-13-21(27)26(15(3)22(28)25-4)12-16-5-8-18(24)9-6-16/h5-11,14-15H,12-13H2,1-4H3,(H,25,28)/t15-/m0/s1. The lowest BCUT2D eigenvalue weighted by molar-refractivity contribution is -0.142. The minimum atomic E-state index is -0.640. The van der Waals surface area contributed by atoms with Crippen molar-refractivity contribution in [3.05, 3.63) is 63.1 Å². The first-order chi connectivity index (χ1) is 13.7. The molecule has 0 saturated carbocycles. The Morgan fingerprint density at radius 3 is 2.34 bits per heavy atom. The topological polar surface area (TPSA) is 58.6 Å². The van der Waals surface area contributed by atoms with E-state index in [1.165, 1.54) is 10.5 Å². The zero-order chi connectivity index (χ0) is 21.6. The fourth-order valence-electron chi connectivity index (χ4n) is 2.79. The van der Waals surface area contributed by atoms with Crippen LogP contribution in [0.5, 0.6) is 5.75 Å². The lowest BCUT2D eigenvalue weighted by atomic mass is 10.0. The molecule has 0 aliphatic heterocycles. The van der Waals surface area contributed by atoms with Gasteiger partial charge in [-0.15, -0.1) is 0 Å². The number of nitrogens with one attached hydrogen (secondary N) is 1. The number of amides is 2. The molecule has 0 radical (unpaired) electrons. The molecule has 2 amide bonds. The SMILES string of the molecule is CNC(=O)[C@H](C)N(Cc1ccc(Cl)cc1)C(=O)COc1ccc(C(C)C)cc1Br. The summed E-state index contributed by atoms with van der Waals surface area (Å²) in [6.45, 7) is 6.03. The summed E-state index contributed by atoms with van der Waals surface area (Å²) in [4.78, 5) is 26.6. The lowest BCUT2D eigenvalue weighted by Gasteiger charge is -2.28. The van der Waals surface area contributed by atoms with Crippen LogP contribution >= 0.6 is 27.5 Å². The van der Waals surface area contributed by atoms with Crippen molar-refractivity contribution in [2.45, 2.75) is 39.3 Å². The number of ether oxygens (including phenoxy) is 1. The number of benzene rings is 2. The number of likely N-dealkylation sites (N-methyl/N-ethyl adjacent to an activating group) is 1. The van der Waals surface area contributed by atoms with Gasteiger partial charge in [0.15, 0.2) is 6.61 Å². The molecule has 0 aliphatic rings. The minimum Gasteiger partial charge on any atom is -0.483 e. The van der Waals surface area contributed by atoms with Crippen molar-refractivity contribution in [3.8, 4) is 5.75 Å². The maximum absolute atomic E-state index is 12.9. The summed E-state index contributed by atoms with van der Waals surface area (Å²) in [6.07, 6.45) is 0. The highest BCUT2D eigenvalue weighted by atomic mass is 79.9. The van der Waals surface area contributed by atoms with Crippen molar-refractivity contribution in [1.29, 1.82) is 0 Å². The molecule has 1 atom stereocenters. The summed E-state index contributed by atoms with van der Waals surface area (Å²) in [7, 11) is 1.55. The van der Waals surface area contributed by atoms with Gasteiger partial charge in [-0.1, -0.05) is 43.6 Å². The third kappa shape index (κ3) is 6.47.